The van der Waals surface area contributed by atoms with Crippen molar-refractivity contribution in [3.05, 3.63) is 70.8 Å². The van der Waals surface area contributed by atoms with Crippen molar-refractivity contribution in [2.45, 2.75) is 26.2 Å². The van der Waals surface area contributed by atoms with Crippen LogP contribution in [-0.2, 0) is 12.8 Å². The minimum atomic E-state index is -0.483. The molecule has 0 saturated carbocycles. The van der Waals surface area contributed by atoms with E-state index in [1.54, 1.807) is 0 Å². The van der Waals surface area contributed by atoms with Crippen LogP contribution in [0.25, 0.3) is 0 Å². The van der Waals surface area contributed by atoms with Gasteiger partial charge in [-0.25, -0.2) is 8.78 Å². The third kappa shape index (κ3) is 6.22. The normalized spacial score (nSPS) is 9.96. The van der Waals surface area contributed by atoms with E-state index in [9.17, 15) is 8.78 Å². The van der Waals surface area contributed by atoms with Crippen molar-refractivity contribution < 1.29 is 8.78 Å². The maximum atomic E-state index is 13.6. The van der Waals surface area contributed by atoms with Crippen molar-refractivity contribution in [1.82, 2.24) is 5.32 Å². The molecular formula is C20H23F2N. The van der Waals surface area contributed by atoms with Gasteiger partial charge in [0.2, 0.25) is 0 Å². The van der Waals surface area contributed by atoms with Gasteiger partial charge in [-0.05, 0) is 49.2 Å². The smallest absolute Gasteiger partial charge is 0.129 e. The highest BCUT2D eigenvalue weighted by Crippen LogP contribution is 2.17. The molecule has 1 nitrogen and oxygen atoms in total. The first kappa shape index (κ1) is 18.9. The van der Waals surface area contributed by atoms with E-state index in [1.165, 1.54) is 23.8 Å². The summed E-state index contributed by atoms with van der Waals surface area (Å²) in [6, 6.07) is 11.9. The Morgan fingerprint density at radius 3 is 2.00 bits per heavy atom. The molecule has 2 aromatic carbocycles. The minimum absolute atomic E-state index is 0.134. The molecule has 0 fully saturated rings. The van der Waals surface area contributed by atoms with Crippen molar-refractivity contribution in [1.29, 1.82) is 0 Å². The van der Waals surface area contributed by atoms with E-state index in [0.29, 0.717) is 0 Å². The lowest BCUT2D eigenvalue weighted by atomic mass is 10.0. The van der Waals surface area contributed by atoms with Gasteiger partial charge in [0.1, 0.15) is 11.6 Å². The predicted molar refractivity (Wildman–Crippen MR) is 92.4 cm³/mol. The molecule has 0 aliphatic rings. The Morgan fingerprint density at radius 2 is 1.43 bits per heavy atom. The van der Waals surface area contributed by atoms with Crippen LogP contribution in [0.4, 0.5) is 8.78 Å². The van der Waals surface area contributed by atoms with Gasteiger partial charge in [-0.2, -0.15) is 0 Å². The van der Waals surface area contributed by atoms with Crippen LogP contribution in [0.2, 0.25) is 0 Å². The molecule has 2 rings (SSSR count). The topological polar surface area (TPSA) is 12.0 Å². The van der Waals surface area contributed by atoms with Gasteiger partial charge in [-0.3, -0.25) is 0 Å². The monoisotopic (exact) mass is 315 g/mol. The number of nitrogens with one attached hydrogen (secondary N) is 1. The number of halogens is 2. The molecule has 0 amide bonds. The number of hydrogen-bond donors (Lipinski definition) is 1. The zero-order chi connectivity index (χ0) is 17.1. The van der Waals surface area contributed by atoms with Gasteiger partial charge in [0.15, 0.2) is 0 Å². The van der Waals surface area contributed by atoms with E-state index in [4.69, 9.17) is 0 Å². The SMILES string of the molecule is C#C.CCCNCCc1ccc(Cc2c(F)cccc2F)cc1. The number of rotatable bonds is 7. The predicted octanol–water partition coefficient (Wildman–Crippen LogP) is 4.35. The summed E-state index contributed by atoms with van der Waals surface area (Å²) in [6.45, 7) is 4.13. The molecule has 23 heavy (non-hydrogen) atoms. The van der Waals surface area contributed by atoms with Crippen LogP contribution < -0.4 is 5.32 Å². The molecule has 0 radical (unpaired) electrons. The van der Waals surface area contributed by atoms with E-state index in [-0.39, 0.29) is 12.0 Å². The van der Waals surface area contributed by atoms with E-state index in [1.807, 2.05) is 24.3 Å². The molecule has 122 valence electrons. The molecule has 0 unspecified atom stereocenters. The lowest BCUT2D eigenvalue weighted by Gasteiger charge is -2.07. The Balaban J connectivity index is 0.00000127. The molecule has 0 spiro atoms. The highest BCUT2D eigenvalue weighted by Gasteiger charge is 2.08. The average molecular weight is 315 g/mol. The van der Waals surface area contributed by atoms with Crippen molar-refractivity contribution in [2.75, 3.05) is 13.1 Å². The summed E-state index contributed by atoms with van der Waals surface area (Å²) in [5.41, 5.74) is 2.29. The van der Waals surface area contributed by atoms with Gasteiger partial charge in [0.25, 0.3) is 0 Å². The molecule has 0 aliphatic heterocycles. The maximum Gasteiger partial charge on any atom is 0.129 e. The van der Waals surface area contributed by atoms with Gasteiger partial charge in [0.05, 0.1) is 0 Å². The van der Waals surface area contributed by atoms with Gasteiger partial charge in [-0.1, -0.05) is 37.3 Å². The van der Waals surface area contributed by atoms with Crippen LogP contribution in [0.15, 0.2) is 42.5 Å². The van der Waals surface area contributed by atoms with Crippen molar-refractivity contribution in [3.63, 3.8) is 0 Å². The van der Waals surface area contributed by atoms with Crippen LogP contribution >= 0.6 is 0 Å². The van der Waals surface area contributed by atoms with Gasteiger partial charge < -0.3 is 5.32 Å². The average Bonchev–Trinajstić information content (AvgIpc) is 2.58. The third-order valence-corrected chi connectivity index (χ3v) is 3.48. The third-order valence-electron chi connectivity index (χ3n) is 3.48. The summed E-state index contributed by atoms with van der Waals surface area (Å²) in [4.78, 5) is 0. The van der Waals surface area contributed by atoms with Crippen LogP contribution in [-0.4, -0.2) is 13.1 Å². The molecule has 3 heteroatoms. The molecule has 0 aliphatic carbocycles. The van der Waals surface area contributed by atoms with E-state index >= 15 is 0 Å². The quantitative estimate of drug-likeness (QED) is 0.592. The molecule has 0 bridgehead atoms. The second kappa shape index (κ2) is 10.5. The van der Waals surface area contributed by atoms with Gasteiger partial charge >= 0.3 is 0 Å². The first-order valence-electron chi connectivity index (χ1n) is 7.75. The summed E-state index contributed by atoms with van der Waals surface area (Å²) < 4.78 is 27.2. The van der Waals surface area contributed by atoms with E-state index in [0.717, 1.165) is 31.5 Å². The summed E-state index contributed by atoms with van der Waals surface area (Å²) in [6.07, 6.45) is 10.4. The zero-order valence-electron chi connectivity index (χ0n) is 13.5. The zero-order valence-corrected chi connectivity index (χ0v) is 13.5. The second-order valence-electron chi connectivity index (χ2n) is 5.19. The maximum absolute atomic E-state index is 13.6. The van der Waals surface area contributed by atoms with Gasteiger partial charge in [0, 0.05) is 12.0 Å². The first-order chi connectivity index (χ1) is 11.2. The summed E-state index contributed by atoms with van der Waals surface area (Å²) >= 11 is 0. The Hall–Kier alpha value is -2.18. The fraction of sp³-hybridized carbons (Fsp3) is 0.300. The van der Waals surface area contributed by atoms with Crippen LogP contribution in [0.3, 0.4) is 0 Å². The molecular weight excluding hydrogens is 292 g/mol. The number of benzene rings is 2. The minimum Gasteiger partial charge on any atom is -0.316 e. The highest BCUT2D eigenvalue weighted by atomic mass is 19.1. The molecule has 0 aromatic heterocycles. The Morgan fingerprint density at radius 1 is 0.870 bits per heavy atom. The van der Waals surface area contributed by atoms with E-state index < -0.39 is 11.6 Å². The lowest BCUT2D eigenvalue weighted by molar-refractivity contribution is 0.561. The van der Waals surface area contributed by atoms with Crippen LogP contribution in [0.1, 0.15) is 30.0 Å². The van der Waals surface area contributed by atoms with E-state index in [2.05, 4.69) is 25.1 Å². The standard InChI is InChI=1S/C18H21F2N.C2H2/c1-2-11-21-12-10-14-6-8-15(9-7-14)13-16-17(19)4-3-5-18(16)20;1-2/h3-9,21H,2,10-13H2,1H3;1-2H. The largest absolute Gasteiger partial charge is 0.316 e. The molecule has 2 aromatic rings. The number of terminal acetylenes is 1. The van der Waals surface area contributed by atoms with Crippen molar-refractivity contribution in [3.8, 4) is 12.8 Å². The first-order valence-corrected chi connectivity index (χ1v) is 7.75. The van der Waals surface area contributed by atoms with Crippen molar-refractivity contribution in [2.24, 2.45) is 0 Å². The Bertz CT molecular complexity index is 583. The molecule has 1 N–H and O–H groups in total. The van der Waals surface area contributed by atoms with Crippen molar-refractivity contribution >= 4 is 0 Å². The number of hydrogen-bond acceptors (Lipinski definition) is 1. The lowest BCUT2D eigenvalue weighted by Crippen LogP contribution is -2.17. The van der Waals surface area contributed by atoms with Crippen LogP contribution in [0, 0.1) is 24.5 Å². The summed E-state index contributed by atoms with van der Waals surface area (Å²) in [5.74, 6) is -0.967. The van der Waals surface area contributed by atoms with Gasteiger partial charge in [-0.15, -0.1) is 12.8 Å². The Labute approximate surface area is 137 Å². The molecule has 0 heterocycles. The second-order valence-corrected chi connectivity index (χ2v) is 5.19. The fourth-order valence-corrected chi connectivity index (χ4v) is 2.26. The fourth-order valence-electron chi connectivity index (χ4n) is 2.26. The molecule has 0 atom stereocenters. The Kier molecular flexibility index (Phi) is 8.64. The highest BCUT2D eigenvalue weighted by molar-refractivity contribution is 5.30. The summed E-state index contributed by atoms with van der Waals surface area (Å²) in [5, 5.41) is 3.35. The summed E-state index contributed by atoms with van der Waals surface area (Å²) in [7, 11) is 0. The molecule has 0 saturated heterocycles. The van der Waals surface area contributed by atoms with Crippen LogP contribution in [0.5, 0.6) is 0 Å².